The molecule has 17 heavy (non-hydrogen) atoms. The molecule has 3 heteroatoms. The van der Waals surface area contributed by atoms with Gasteiger partial charge in [-0.25, -0.2) is 0 Å². The third-order valence-corrected chi connectivity index (χ3v) is 3.60. The molecule has 2 rings (SSSR count). The number of aromatic hydroxyl groups is 1. The Hall–Kier alpha value is -1.53. The van der Waals surface area contributed by atoms with E-state index in [2.05, 4.69) is 18.3 Å². The van der Waals surface area contributed by atoms with Gasteiger partial charge in [-0.05, 0) is 36.3 Å². The molecule has 0 aromatic heterocycles. The highest BCUT2D eigenvalue weighted by atomic mass is 16.3. The number of nitriles is 1. The van der Waals surface area contributed by atoms with Crippen LogP contribution in [0, 0.1) is 16.7 Å². The lowest BCUT2D eigenvalue weighted by Gasteiger charge is -2.17. The molecule has 0 unspecified atom stereocenters. The summed E-state index contributed by atoms with van der Waals surface area (Å²) in [5.41, 5.74) is 1.10. The van der Waals surface area contributed by atoms with E-state index in [0.717, 1.165) is 31.4 Å². The lowest BCUT2D eigenvalue weighted by Crippen LogP contribution is -2.36. The lowest BCUT2D eigenvalue weighted by molar-refractivity contribution is 0.422. The summed E-state index contributed by atoms with van der Waals surface area (Å²) < 4.78 is 0. The number of para-hydroxylation sites is 1. The molecule has 1 atom stereocenters. The predicted molar refractivity (Wildman–Crippen MR) is 66.6 cm³/mol. The molecule has 0 amide bonds. The molecule has 0 saturated heterocycles. The maximum atomic E-state index is 9.61. The number of nitrogens with zero attached hydrogens (tertiary/aromatic N) is 1. The Labute approximate surface area is 102 Å². The largest absolute Gasteiger partial charge is 0.508 e. The number of phenolic OH excluding ortho intramolecular Hbond substituents is 1. The summed E-state index contributed by atoms with van der Waals surface area (Å²) in [6.45, 7) is 2.87. The third-order valence-electron chi connectivity index (χ3n) is 3.60. The Balaban J connectivity index is 1.84. The van der Waals surface area contributed by atoms with Crippen molar-refractivity contribution in [2.75, 3.05) is 6.54 Å². The van der Waals surface area contributed by atoms with Crippen molar-refractivity contribution in [3.05, 3.63) is 29.8 Å². The molecule has 0 bridgehead atoms. The molecule has 90 valence electrons. The first kappa shape index (κ1) is 11.9. The molecule has 0 aliphatic heterocycles. The minimum Gasteiger partial charge on any atom is -0.508 e. The molecule has 1 aliphatic rings. The van der Waals surface area contributed by atoms with E-state index < -0.39 is 0 Å². The average Bonchev–Trinajstić information content (AvgIpc) is 3.06. The van der Waals surface area contributed by atoms with Gasteiger partial charge in [0.05, 0.1) is 6.07 Å². The van der Waals surface area contributed by atoms with Crippen LogP contribution in [-0.4, -0.2) is 17.7 Å². The van der Waals surface area contributed by atoms with Gasteiger partial charge < -0.3 is 10.4 Å². The van der Waals surface area contributed by atoms with Crippen LogP contribution >= 0.6 is 0 Å². The van der Waals surface area contributed by atoms with Gasteiger partial charge in [0.25, 0.3) is 0 Å². The van der Waals surface area contributed by atoms with E-state index in [0.29, 0.717) is 5.75 Å². The maximum absolute atomic E-state index is 9.61. The zero-order valence-electron chi connectivity index (χ0n) is 10.1. The summed E-state index contributed by atoms with van der Waals surface area (Å²) in [6.07, 6.45) is 3.02. The van der Waals surface area contributed by atoms with Gasteiger partial charge in [-0.15, -0.1) is 0 Å². The molecule has 0 heterocycles. The summed E-state index contributed by atoms with van der Waals surface area (Å²) >= 11 is 0. The Bertz CT molecular complexity index is 432. The summed E-state index contributed by atoms with van der Waals surface area (Å²) in [4.78, 5) is 0. The van der Waals surface area contributed by atoms with Crippen LogP contribution < -0.4 is 5.32 Å². The van der Waals surface area contributed by atoms with E-state index in [-0.39, 0.29) is 11.5 Å². The van der Waals surface area contributed by atoms with Crippen molar-refractivity contribution in [1.82, 2.24) is 5.32 Å². The van der Waals surface area contributed by atoms with Crippen LogP contribution in [0.5, 0.6) is 5.75 Å². The smallest absolute Gasteiger partial charge is 0.118 e. The van der Waals surface area contributed by atoms with Crippen molar-refractivity contribution >= 4 is 0 Å². The summed E-state index contributed by atoms with van der Waals surface area (Å²) in [7, 11) is 0. The monoisotopic (exact) mass is 230 g/mol. The number of nitrogens with one attached hydrogen (secondary N) is 1. The van der Waals surface area contributed by atoms with Crippen molar-refractivity contribution in [3.63, 3.8) is 0 Å². The number of hydrogen-bond donors (Lipinski definition) is 2. The first-order chi connectivity index (χ1) is 8.15. The van der Waals surface area contributed by atoms with Gasteiger partial charge in [-0.1, -0.05) is 25.1 Å². The molecule has 0 radical (unpaired) electrons. The van der Waals surface area contributed by atoms with Gasteiger partial charge in [-0.3, -0.25) is 0 Å². The first-order valence-corrected chi connectivity index (χ1v) is 6.05. The number of phenols is 1. The van der Waals surface area contributed by atoms with Crippen molar-refractivity contribution < 1.29 is 5.11 Å². The van der Waals surface area contributed by atoms with E-state index in [4.69, 9.17) is 5.26 Å². The van der Waals surface area contributed by atoms with Gasteiger partial charge in [0.15, 0.2) is 0 Å². The second-order valence-corrected chi connectivity index (χ2v) is 5.05. The zero-order chi connectivity index (χ0) is 12.3. The number of benzene rings is 1. The summed E-state index contributed by atoms with van der Waals surface area (Å²) in [5, 5.41) is 22.0. The average molecular weight is 230 g/mol. The Morgan fingerprint density at radius 3 is 2.76 bits per heavy atom. The molecular formula is C14H18N2O. The van der Waals surface area contributed by atoms with Gasteiger partial charge in [0.1, 0.15) is 11.8 Å². The molecule has 0 spiro atoms. The SMILES string of the molecule is CC1([C@H](C#N)NCCc2ccccc2O)CC1. The number of hydrogen-bond acceptors (Lipinski definition) is 3. The van der Waals surface area contributed by atoms with Crippen molar-refractivity contribution in [1.29, 1.82) is 5.26 Å². The van der Waals surface area contributed by atoms with Crippen LogP contribution in [-0.2, 0) is 6.42 Å². The van der Waals surface area contributed by atoms with Gasteiger partial charge in [-0.2, -0.15) is 5.26 Å². The standard InChI is InChI=1S/C14H18N2O/c1-14(7-8-14)13(10-15)16-9-6-11-4-2-3-5-12(11)17/h2-5,13,16-17H,6-9H2,1H3/t13-/m0/s1. The summed E-state index contributed by atoms with van der Waals surface area (Å²) in [6, 6.07) is 9.61. The molecular weight excluding hydrogens is 212 g/mol. The Morgan fingerprint density at radius 2 is 2.18 bits per heavy atom. The van der Waals surface area contributed by atoms with Crippen LogP contribution in [0.15, 0.2) is 24.3 Å². The predicted octanol–water partition coefficient (Wildman–Crippen LogP) is 2.22. The minimum atomic E-state index is -0.0617. The third kappa shape index (κ3) is 2.78. The van der Waals surface area contributed by atoms with Gasteiger partial charge >= 0.3 is 0 Å². The van der Waals surface area contributed by atoms with Crippen LogP contribution in [0.1, 0.15) is 25.3 Å². The Morgan fingerprint density at radius 1 is 1.47 bits per heavy atom. The minimum absolute atomic E-state index is 0.0617. The van der Waals surface area contributed by atoms with Gasteiger partial charge in [0, 0.05) is 6.54 Å². The fourth-order valence-electron chi connectivity index (χ4n) is 2.01. The molecule has 2 N–H and O–H groups in total. The molecule has 3 nitrogen and oxygen atoms in total. The van der Waals surface area contributed by atoms with E-state index in [1.165, 1.54) is 0 Å². The van der Waals surface area contributed by atoms with Gasteiger partial charge in [0.2, 0.25) is 0 Å². The van der Waals surface area contributed by atoms with Crippen molar-refractivity contribution in [3.8, 4) is 11.8 Å². The molecule has 1 saturated carbocycles. The highest BCUT2D eigenvalue weighted by molar-refractivity contribution is 5.31. The molecule has 1 aromatic carbocycles. The van der Waals surface area contributed by atoms with E-state index in [9.17, 15) is 5.11 Å². The van der Waals surface area contributed by atoms with E-state index >= 15 is 0 Å². The van der Waals surface area contributed by atoms with E-state index in [1.807, 2.05) is 18.2 Å². The zero-order valence-corrected chi connectivity index (χ0v) is 10.1. The number of rotatable bonds is 5. The maximum Gasteiger partial charge on any atom is 0.118 e. The molecule has 1 aliphatic carbocycles. The fourth-order valence-corrected chi connectivity index (χ4v) is 2.01. The lowest BCUT2D eigenvalue weighted by atomic mass is 10.00. The second kappa shape index (κ2) is 4.77. The van der Waals surface area contributed by atoms with Crippen LogP contribution in [0.4, 0.5) is 0 Å². The Kier molecular flexibility index (Phi) is 3.35. The normalized spacial score (nSPS) is 18.4. The van der Waals surface area contributed by atoms with E-state index in [1.54, 1.807) is 6.07 Å². The molecule has 1 aromatic rings. The molecule has 1 fully saturated rings. The van der Waals surface area contributed by atoms with Crippen LogP contribution in [0.3, 0.4) is 0 Å². The quantitative estimate of drug-likeness (QED) is 0.815. The van der Waals surface area contributed by atoms with Crippen LogP contribution in [0.25, 0.3) is 0 Å². The first-order valence-electron chi connectivity index (χ1n) is 6.05. The topological polar surface area (TPSA) is 56.0 Å². The second-order valence-electron chi connectivity index (χ2n) is 5.05. The van der Waals surface area contributed by atoms with Crippen molar-refractivity contribution in [2.45, 2.75) is 32.2 Å². The fraction of sp³-hybridized carbons (Fsp3) is 0.500. The van der Waals surface area contributed by atoms with Crippen LogP contribution in [0.2, 0.25) is 0 Å². The highest BCUT2D eigenvalue weighted by Gasteiger charge is 2.44. The van der Waals surface area contributed by atoms with Crippen molar-refractivity contribution in [2.24, 2.45) is 5.41 Å². The highest BCUT2D eigenvalue weighted by Crippen LogP contribution is 2.47. The summed E-state index contributed by atoms with van der Waals surface area (Å²) in [5.74, 6) is 0.334.